The molecule has 4 aromatic rings. The number of hydrogen-bond donors (Lipinski definition) is 1. The predicted octanol–water partition coefficient (Wildman–Crippen LogP) is 6.25. The van der Waals surface area contributed by atoms with Crippen LogP contribution in [0.5, 0.6) is 0 Å². The van der Waals surface area contributed by atoms with Gasteiger partial charge in [0.1, 0.15) is 0 Å². The molecular weight excluding hydrogens is 472 g/mol. The van der Waals surface area contributed by atoms with Crippen molar-refractivity contribution in [2.75, 3.05) is 23.3 Å². The summed E-state index contributed by atoms with van der Waals surface area (Å²) in [4.78, 5) is 32.2. The highest BCUT2D eigenvalue weighted by Gasteiger charge is 2.16. The zero-order valence-electron chi connectivity index (χ0n) is 22.1. The van der Waals surface area contributed by atoms with E-state index in [1.807, 2.05) is 78.5 Å². The summed E-state index contributed by atoms with van der Waals surface area (Å²) in [5, 5.41) is 3.33. The largest absolute Gasteiger partial charge is 0.372 e. The number of rotatable bonds is 9. The summed E-state index contributed by atoms with van der Waals surface area (Å²) in [6, 6.07) is 23.4. The van der Waals surface area contributed by atoms with Gasteiger partial charge in [-0.1, -0.05) is 19.1 Å². The minimum absolute atomic E-state index is 0.0449. The predicted molar refractivity (Wildman–Crippen MR) is 152 cm³/mol. The van der Waals surface area contributed by atoms with E-state index < -0.39 is 0 Å². The Hall–Kier alpha value is -4.19. The fourth-order valence-electron chi connectivity index (χ4n) is 4.89. The minimum atomic E-state index is 0.0449. The fourth-order valence-corrected chi connectivity index (χ4v) is 4.89. The molecule has 0 bridgehead atoms. The van der Waals surface area contributed by atoms with Crippen LogP contribution < -0.4 is 10.2 Å². The second-order valence-electron chi connectivity index (χ2n) is 10.3. The van der Waals surface area contributed by atoms with Gasteiger partial charge in [-0.15, -0.1) is 0 Å². The Kier molecular flexibility index (Phi) is 7.68. The van der Waals surface area contributed by atoms with Crippen LogP contribution in [0.2, 0.25) is 0 Å². The average Bonchev–Trinajstić information content (AvgIpc) is 3.37. The van der Waals surface area contributed by atoms with Gasteiger partial charge in [0.05, 0.1) is 24.0 Å². The van der Waals surface area contributed by atoms with Crippen molar-refractivity contribution in [2.24, 2.45) is 13.0 Å². The number of Topliss-reactive ketones (excluding diaryl/α,β-unsaturated/α-hetero) is 2. The topological polar surface area (TPSA) is 67.2 Å². The molecule has 1 fully saturated rings. The number of ketones is 2. The van der Waals surface area contributed by atoms with E-state index in [9.17, 15) is 9.59 Å². The van der Waals surface area contributed by atoms with Crippen molar-refractivity contribution in [3.8, 4) is 0 Å². The van der Waals surface area contributed by atoms with Gasteiger partial charge in [-0.2, -0.15) is 0 Å². The Morgan fingerprint density at radius 2 is 1.58 bits per heavy atom. The number of nitrogens with one attached hydrogen (secondary N) is 1. The minimum Gasteiger partial charge on any atom is -0.372 e. The lowest BCUT2D eigenvalue weighted by Gasteiger charge is -2.32. The molecule has 0 aliphatic carbocycles. The molecule has 0 saturated carbocycles. The van der Waals surface area contributed by atoms with Gasteiger partial charge in [-0.25, -0.2) is 0 Å². The third kappa shape index (κ3) is 6.20. The number of benzene rings is 2. The number of aryl methyl sites for hydroxylation is 1. The average molecular weight is 507 g/mol. The van der Waals surface area contributed by atoms with E-state index in [1.54, 1.807) is 6.20 Å². The second kappa shape index (κ2) is 11.5. The summed E-state index contributed by atoms with van der Waals surface area (Å²) in [6.45, 7) is 4.49. The van der Waals surface area contributed by atoms with E-state index in [2.05, 4.69) is 34.3 Å². The number of carbonyl (C=O) groups excluding carboxylic acids is 2. The van der Waals surface area contributed by atoms with Crippen molar-refractivity contribution in [1.82, 2.24) is 9.55 Å². The van der Waals surface area contributed by atoms with Crippen LogP contribution in [0.4, 0.5) is 17.1 Å². The summed E-state index contributed by atoms with van der Waals surface area (Å²) < 4.78 is 1.82. The van der Waals surface area contributed by atoms with Crippen molar-refractivity contribution in [2.45, 2.75) is 32.6 Å². The number of aromatic nitrogens is 2. The highest BCUT2D eigenvalue weighted by Crippen LogP contribution is 2.24. The van der Waals surface area contributed by atoms with Crippen molar-refractivity contribution in [1.29, 1.82) is 0 Å². The Morgan fingerprint density at radius 1 is 0.868 bits per heavy atom. The number of piperidine rings is 1. The van der Waals surface area contributed by atoms with Gasteiger partial charge in [0.25, 0.3) is 0 Å². The summed E-state index contributed by atoms with van der Waals surface area (Å²) in [7, 11) is 1.86. The van der Waals surface area contributed by atoms with Crippen LogP contribution in [0.1, 0.15) is 51.9 Å². The van der Waals surface area contributed by atoms with E-state index >= 15 is 0 Å². The third-order valence-electron chi connectivity index (χ3n) is 7.34. The van der Waals surface area contributed by atoms with Gasteiger partial charge in [-0.3, -0.25) is 14.6 Å². The van der Waals surface area contributed by atoms with Crippen LogP contribution in [-0.2, 0) is 19.9 Å². The number of nitrogens with zero attached hydrogens (tertiary/aromatic N) is 3. The molecule has 3 heterocycles. The summed E-state index contributed by atoms with van der Waals surface area (Å²) in [5.74, 6) is 0.963. The first-order valence-corrected chi connectivity index (χ1v) is 13.3. The van der Waals surface area contributed by atoms with Crippen molar-refractivity contribution in [3.63, 3.8) is 0 Å². The second-order valence-corrected chi connectivity index (χ2v) is 10.3. The maximum atomic E-state index is 12.9. The molecular formula is C32H34N4O2. The quantitative estimate of drug-likeness (QED) is 0.272. The summed E-state index contributed by atoms with van der Waals surface area (Å²) in [5.41, 5.74) is 6.09. The van der Waals surface area contributed by atoms with E-state index in [1.165, 1.54) is 18.5 Å². The number of hydrogen-bond acceptors (Lipinski definition) is 5. The van der Waals surface area contributed by atoms with E-state index in [0.717, 1.165) is 47.2 Å². The summed E-state index contributed by atoms with van der Waals surface area (Å²) >= 11 is 0. The number of anilines is 3. The Bertz CT molecular complexity index is 1380. The molecule has 194 valence electrons. The molecule has 2 aromatic carbocycles. The first kappa shape index (κ1) is 25.5. The lowest BCUT2D eigenvalue weighted by molar-refractivity contribution is 0.0979. The zero-order valence-corrected chi connectivity index (χ0v) is 22.1. The maximum absolute atomic E-state index is 12.9. The van der Waals surface area contributed by atoms with Crippen LogP contribution in [-0.4, -0.2) is 34.2 Å². The van der Waals surface area contributed by atoms with E-state index in [0.29, 0.717) is 12.1 Å². The van der Waals surface area contributed by atoms with Gasteiger partial charge in [0.15, 0.2) is 11.6 Å². The lowest BCUT2D eigenvalue weighted by Crippen LogP contribution is -2.32. The molecule has 0 spiro atoms. The molecule has 0 radical (unpaired) electrons. The normalized spacial score (nSPS) is 13.9. The van der Waals surface area contributed by atoms with Crippen LogP contribution in [0.3, 0.4) is 0 Å². The number of pyridine rings is 1. The smallest absolute Gasteiger partial charge is 0.185 e. The molecule has 1 saturated heterocycles. The zero-order chi connectivity index (χ0) is 26.5. The molecule has 2 aromatic heterocycles. The Morgan fingerprint density at radius 3 is 2.21 bits per heavy atom. The first-order chi connectivity index (χ1) is 18.4. The number of carbonyl (C=O) groups is 2. The molecule has 1 aliphatic rings. The fraction of sp³-hybridized carbons (Fsp3) is 0.281. The van der Waals surface area contributed by atoms with Crippen LogP contribution in [0, 0.1) is 5.92 Å². The SMILES string of the molecule is CC1CCN(c2ccc(C(=O)Cc3ccc(Nc4ccc(CC(=O)c5cccn5C)nc4)cc3)cc2)CC1. The molecule has 1 aliphatic heterocycles. The first-order valence-electron chi connectivity index (χ1n) is 13.3. The van der Waals surface area contributed by atoms with Crippen LogP contribution >= 0.6 is 0 Å². The van der Waals surface area contributed by atoms with Crippen molar-refractivity contribution >= 4 is 28.6 Å². The molecule has 0 unspecified atom stereocenters. The molecule has 0 atom stereocenters. The van der Waals surface area contributed by atoms with Crippen molar-refractivity contribution < 1.29 is 9.59 Å². The van der Waals surface area contributed by atoms with E-state index in [-0.39, 0.29) is 18.0 Å². The van der Waals surface area contributed by atoms with Gasteiger partial charge < -0.3 is 14.8 Å². The van der Waals surface area contributed by atoms with Crippen LogP contribution in [0.25, 0.3) is 0 Å². The molecule has 1 N–H and O–H groups in total. The highest BCUT2D eigenvalue weighted by molar-refractivity contribution is 5.98. The lowest BCUT2D eigenvalue weighted by atomic mass is 9.98. The standard InChI is InChI=1S/C32H34N4O2/c1-23-15-18-36(19-16-23)29-13-7-25(8-14-29)31(37)20-24-5-9-26(10-6-24)34-28-12-11-27(33-22-28)21-32(38)30-4-3-17-35(30)2/h3-14,17,22-23,34H,15-16,18-21H2,1-2H3. The monoisotopic (exact) mass is 506 g/mol. The van der Waals surface area contributed by atoms with Gasteiger partial charge >= 0.3 is 0 Å². The molecule has 6 nitrogen and oxygen atoms in total. The van der Waals surface area contributed by atoms with E-state index in [4.69, 9.17) is 0 Å². The summed E-state index contributed by atoms with van der Waals surface area (Å²) in [6.07, 6.45) is 6.68. The maximum Gasteiger partial charge on any atom is 0.185 e. The molecule has 38 heavy (non-hydrogen) atoms. The van der Waals surface area contributed by atoms with Gasteiger partial charge in [-0.05, 0) is 85.0 Å². The third-order valence-corrected chi connectivity index (χ3v) is 7.34. The Balaban J connectivity index is 1.13. The van der Waals surface area contributed by atoms with Gasteiger partial charge in [0.2, 0.25) is 0 Å². The molecule has 0 amide bonds. The van der Waals surface area contributed by atoms with Crippen LogP contribution in [0.15, 0.2) is 85.2 Å². The highest BCUT2D eigenvalue weighted by atomic mass is 16.1. The van der Waals surface area contributed by atoms with Crippen molar-refractivity contribution in [3.05, 3.63) is 108 Å². The Labute approximate surface area is 224 Å². The molecule has 5 rings (SSSR count). The molecule has 6 heteroatoms. The van der Waals surface area contributed by atoms with Gasteiger partial charge in [0, 0.05) is 55.4 Å².